The summed E-state index contributed by atoms with van der Waals surface area (Å²) in [5, 5.41) is 10.7. The lowest BCUT2D eigenvalue weighted by Gasteiger charge is -2.27. The zero-order valence-corrected chi connectivity index (χ0v) is 17.6. The quantitative estimate of drug-likeness (QED) is 0.442. The van der Waals surface area contributed by atoms with Crippen molar-refractivity contribution < 1.29 is 23.9 Å². The summed E-state index contributed by atoms with van der Waals surface area (Å²) in [7, 11) is 0. The van der Waals surface area contributed by atoms with E-state index >= 15 is 0 Å². The zero-order chi connectivity index (χ0) is 23.4. The summed E-state index contributed by atoms with van der Waals surface area (Å²) in [5.74, 6) is -1.54. The number of aryl methyl sites for hydroxylation is 1. The van der Waals surface area contributed by atoms with Crippen molar-refractivity contribution >= 4 is 40.2 Å². The molecule has 166 valence electrons. The van der Waals surface area contributed by atoms with Crippen LogP contribution in [0.2, 0.25) is 0 Å². The summed E-state index contributed by atoms with van der Waals surface area (Å²) < 4.78 is 7.05. The minimum atomic E-state index is -0.683. The van der Waals surface area contributed by atoms with Crippen molar-refractivity contribution in [1.29, 1.82) is 5.26 Å². The maximum absolute atomic E-state index is 12.8. The number of Topliss-reactive ketones (excluding diaryl/α,β-unsaturated/α-hetero) is 1. The summed E-state index contributed by atoms with van der Waals surface area (Å²) in [6.45, 7) is 0.0178. The number of nitriles is 1. The Morgan fingerprint density at radius 3 is 2.58 bits per heavy atom. The van der Waals surface area contributed by atoms with E-state index in [0.717, 1.165) is 15.9 Å². The van der Waals surface area contributed by atoms with Crippen LogP contribution in [0.3, 0.4) is 0 Å². The Labute approximate surface area is 189 Å². The molecule has 1 aliphatic heterocycles. The molecule has 0 radical (unpaired) electrons. The van der Waals surface area contributed by atoms with Crippen molar-refractivity contribution in [1.82, 2.24) is 9.99 Å². The fourth-order valence-electron chi connectivity index (χ4n) is 3.65. The van der Waals surface area contributed by atoms with Crippen LogP contribution in [-0.2, 0) is 20.9 Å². The lowest BCUT2D eigenvalue weighted by atomic mass is 10.1. The summed E-state index contributed by atoms with van der Waals surface area (Å²) in [5.41, 5.74) is 4.37. The molecule has 0 bridgehead atoms. The molecule has 33 heavy (non-hydrogen) atoms. The number of ketones is 1. The third-order valence-corrected chi connectivity index (χ3v) is 5.30. The molecule has 1 aliphatic rings. The molecular weight excluding hydrogens is 424 g/mol. The minimum Gasteiger partial charge on any atom is -0.454 e. The molecule has 1 fully saturated rings. The number of nitrogens with zero attached hydrogens (tertiary/aromatic N) is 3. The molecule has 2 aromatic carbocycles. The van der Waals surface area contributed by atoms with E-state index < -0.39 is 12.6 Å². The monoisotopic (exact) mass is 444 g/mol. The number of esters is 1. The average molecular weight is 444 g/mol. The van der Waals surface area contributed by atoms with Gasteiger partial charge in [0.1, 0.15) is 0 Å². The number of aromatic nitrogens is 1. The number of hydrogen-bond donors (Lipinski definition) is 1. The van der Waals surface area contributed by atoms with Gasteiger partial charge < -0.3 is 9.30 Å². The fourth-order valence-corrected chi connectivity index (χ4v) is 3.65. The largest absolute Gasteiger partial charge is 0.454 e. The lowest BCUT2D eigenvalue weighted by Crippen LogP contribution is -2.50. The highest BCUT2D eigenvalue weighted by Gasteiger charge is 2.24. The number of anilines is 1. The van der Waals surface area contributed by atoms with Crippen molar-refractivity contribution in [2.45, 2.75) is 25.8 Å². The van der Waals surface area contributed by atoms with Gasteiger partial charge in [-0.1, -0.05) is 18.2 Å². The second kappa shape index (κ2) is 9.36. The number of nitrogens with one attached hydrogen (secondary N) is 1. The molecule has 1 saturated heterocycles. The van der Waals surface area contributed by atoms with Crippen LogP contribution in [0.4, 0.5) is 5.69 Å². The third-order valence-electron chi connectivity index (χ3n) is 5.30. The van der Waals surface area contributed by atoms with E-state index in [1.54, 1.807) is 6.20 Å². The van der Waals surface area contributed by atoms with Crippen molar-refractivity contribution in [3.8, 4) is 6.07 Å². The van der Waals surface area contributed by atoms with Gasteiger partial charge in [-0.25, -0.2) is 9.80 Å². The van der Waals surface area contributed by atoms with Crippen molar-refractivity contribution in [2.24, 2.45) is 0 Å². The van der Waals surface area contributed by atoms with E-state index in [9.17, 15) is 19.2 Å². The Morgan fingerprint density at radius 1 is 1.06 bits per heavy atom. The average Bonchev–Trinajstić information content (AvgIpc) is 3.21. The van der Waals surface area contributed by atoms with Crippen molar-refractivity contribution in [3.63, 3.8) is 0 Å². The van der Waals surface area contributed by atoms with E-state index in [-0.39, 0.29) is 36.0 Å². The molecule has 2 heterocycles. The smallest absolute Gasteiger partial charge is 0.338 e. The van der Waals surface area contributed by atoms with Crippen molar-refractivity contribution in [2.75, 3.05) is 11.6 Å². The van der Waals surface area contributed by atoms with E-state index in [1.807, 2.05) is 28.8 Å². The summed E-state index contributed by atoms with van der Waals surface area (Å²) in [6.07, 6.45) is 2.25. The van der Waals surface area contributed by atoms with Crippen LogP contribution in [0.1, 0.15) is 40.0 Å². The first kappa shape index (κ1) is 21.8. The minimum absolute atomic E-state index is 0.116. The molecule has 1 N–H and O–H groups in total. The predicted octanol–water partition coefficient (Wildman–Crippen LogP) is 2.75. The third kappa shape index (κ3) is 4.60. The molecular formula is C24H20N4O5. The number of fused-ring (bicyclic) bond motifs is 1. The fraction of sp³-hybridized carbons (Fsp3) is 0.208. The molecule has 2 amide bonds. The number of rotatable bonds is 7. The van der Waals surface area contributed by atoms with E-state index in [0.29, 0.717) is 24.2 Å². The second-order valence-electron chi connectivity index (χ2n) is 7.47. The highest BCUT2D eigenvalue weighted by atomic mass is 16.5. The lowest BCUT2D eigenvalue weighted by molar-refractivity contribution is -0.130. The van der Waals surface area contributed by atoms with Crippen LogP contribution in [0.15, 0.2) is 54.7 Å². The normalized spacial score (nSPS) is 13.5. The molecule has 4 rings (SSSR count). The molecule has 0 aliphatic carbocycles. The number of benzene rings is 2. The second-order valence-corrected chi connectivity index (χ2v) is 7.47. The van der Waals surface area contributed by atoms with Crippen LogP contribution in [0, 0.1) is 11.3 Å². The van der Waals surface area contributed by atoms with Gasteiger partial charge in [-0.3, -0.25) is 19.8 Å². The Balaban J connectivity index is 1.43. The Kier molecular flexibility index (Phi) is 6.17. The van der Waals surface area contributed by atoms with Gasteiger partial charge >= 0.3 is 5.97 Å². The maximum atomic E-state index is 12.8. The van der Waals surface area contributed by atoms with Gasteiger partial charge in [-0.05, 0) is 30.3 Å². The molecule has 1 aromatic heterocycles. The molecule has 0 unspecified atom stereocenters. The molecule has 9 heteroatoms. The first-order valence-electron chi connectivity index (χ1n) is 10.4. The topological polar surface area (TPSA) is 122 Å². The SMILES string of the molecule is N#CCCn1cc(C(=O)COC(=O)c2ccc(N3NC(=O)CCC3=O)cc2)c2ccccc21. The van der Waals surface area contributed by atoms with Gasteiger partial charge in [-0.15, -0.1) is 0 Å². The van der Waals surface area contributed by atoms with Gasteiger partial charge in [0.2, 0.25) is 17.6 Å². The number of amides is 2. The van der Waals surface area contributed by atoms with Crippen LogP contribution in [-0.4, -0.2) is 34.7 Å². The standard InChI is InChI=1S/C24H20N4O5/c25-12-3-13-27-14-19(18-4-1-2-5-20(18)27)21(29)15-33-24(32)16-6-8-17(9-7-16)28-23(31)11-10-22(30)26-28/h1-2,4-9,14H,3,10-11,13,15H2,(H,26,30). The number of para-hydroxylation sites is 1. The molecule has 0 saturated carbocycles. The van der Waals surface area contributed by atoms with Gasteiger partial charge in [0, 0.05) is 42.0 Å². The van der Waals surface area contributed by atoms with Gasteiger partial charge in [0.05, 0.1) is 23.7 Å². The first-order valence-corrected chi connectivity index (χ1v) is 10.4. The van der Waals surface area contributed by atoms with E-state index in [4.69, 9.17) is 10.00 Å². The highest BCUT2D eigenvalue weighted by molar-refractivity contribution is 6.09. The Morgan fingerprint density at radius 2 is 1.82 bits per heavy atom. The van der Waals surface area contributed by atoms with Crippen LogP contribution in [0.25, 0.3) is 10.9 Å². The van der Waals surface area contributed by atoms with Crippen LogP contribution in [0.5, 0.6) is 0 Å². The van der Waals surface area contributed by atoms with E-state index in [1.165, 1.54) is 24.3 Å². The van der Waals surface area contributed by atoms with Crippen LogP contribution < -0.4 is 10.4 Å². The first-order chi connectivity index (χ1) is 16.0. The number of hydrogen-bond acceptors (Lipinski definition) is 6. The number of hydrazine groups is 1. The van der Waals surface area contributed by atoms with Crippen molar-refractivity contribution in [3.05, 3.63) is 65.9 Å². The summed E-state index contributed by atoms with van der Waals surface area (Å²) in [6, 6.07) is 15.4. The number of ether oxygens (including phenoxy) is 1. The predicted molar refractivity (Wildman–Crippen MR) is 118 cm³/mol. The maximum Gasteiger partial charge on any atom is 0.338 e. The highest BCUT2D eigenvalue weighted by Crippen LogP contribution is 2.23. The number of carbonyl (C=O) groups is 4. The van der Waals surface area contributed by atoms with Gasteiger partial charge in [-0.2, -0.15) is 5.26 Å². The molecule has 0 atom stereocenters. The zero-order valence-electron chi connectivity index (χ0n) is 17.6. The molecule has 0 spiro atoms. The molecule has 9 nitrogen and oxygen atoms in total. The Bertz CT molecular complexity index is 1290. The summed E-state index contributed by atoms with van der Waals surface area (Å²) >= 11 is 0. The van der Waals surface area contributed by atoms with E-state index in [2.05, 4.69) is 11.5 Å². The summed E-state index contributed by atoms with van der Waals surface area (Å²) in [4.78, 5) is 48.7. The van der Waals surface area contributed by atoms with Gasteiger partial charge in [0.25, 0.3) is 0 Å². The van der Waals surface area contributed by atoms with Crippen LogP contribution >= 0.6 is 0 Å². The number of carbonyl (C=O) groups excluding carboxylic acids is 4. The molecule has 3 aromatic rings. The Hall–Kier alpha value is -4.45. The van der Waals surface area contributed by atoms with Gasteiger partial charge in [0.15, 0.2) is 6.61 Å².